The molecule has 1 fully saturated rings. The van der Waals surface area contributed by atoms with Gasteiger partial charge in [0.2, 0.25) is 5.91 Å². The molecule has 1 aromatic carbocycles. The normalized spacial score (nSPS) is 18.6. The summed E-state index contributed by atoms with van der Waals surface area (Å²) < 4.78 is 6.00. The van der Waals surface area contributed by atoms with Gasteiger partial charge in [0, 0.05) is 11.0 Å². The number of methoxy groups -OCH3 is 1. The van der Waals surface area contributed by atoms with Gasteiger partial charge < -0.3 is 15.4 Å². The second-order valence-corrected chi connectivity index (χ2v) is 5.22. The average molecular weight is 327 g/mol. The fraction of sp³-hybridized carbons (Fsp3) is 0.385. The van der Waals surface area contributed by atoms with Crippen LogP contribution in [0.25, 0.3) is 0 Å². The Kier molecular flexibility index (Phi) is 4.42. The lowest BCUT2D eigenvalue weighted by Gasteiger charge is -2.23. The summed E-state index contributed by atoms with van der Waals surface area (Å²) in [7, 11) is 1.51. The summed E-state index contributed by atoms with van der Waals surface area (Å²) in [5, 5.41) is 5.47. The van der Waals surface area contributed by atoms with Crippen LogP contribution in [-0.4, -0.2) is 31.5 Å². The summed E-state index contributed by atoms with van der Waals surface area (Å²) >= 11 is 3.32. The Hall–Kier alpha value is -1.56. The highest BCUT2D eigenvalue weighted by Crippen LogP contribution is 2.23. The molecule has 19 heavy (non-hydrogen) atoms. The van der Waals surface area contributed by atoms with Gasteiger partial charge in [0.25, 0.3) is 5.91 Å². The lowest BCUT2D eigenvalue weighted by atomic mass is 10.1. The van der Waals surface area contributed by atoms with Crippen LogP contribution in [0.3, 0.4) is 0 Å². The molecule has 1 atom stereocenters. The van der Waals surface area contributed by atoms with Crippen molar-refractivity contribution in [3.05, 3.63) is 28.2 Å². The second kappa shape index (κ2) is 6.06. The first-order valence-electron chi connectivity index (χ1n) is 6.04. The minimum absolute atomic E-state index is 0.129. The molecule has 0 aromatic heterocycles. The minimum Gasteiger partial charge on any atom is -0.496 e. The molecule has 0 radical (unpaired) electrons. The van der Waals surface area contributed by atoms with Crippen LogP contribution in [0.15, 0.2) is 22.7 Å². The van der Waals surface area contributed by atoms with Gasteiger partial charge >= 0.3 is 0 Å². The molecule has 1 unspecified atom stereocenters. The molecule has 1 saturated heterocycles. The van der Waals surface area contributed by atoms with Crippen molar-refractivity contribution >= 4 is 27.7 Å². The average Bonchev–Trinajstić information content (AvgIpc) is 2.41. The molecule has 1 aromatic rings. The smallest absolute Gasteiger partial charge is 0.255 e. The molecule has 0 bridgehead atoms. The largest absolute Gasteiger partial charge is 0.496 e. The van der Waals surface area contributed by atoms with E-state index in [0.717, 1.165) is 10.9 Å². The third kappa shape index (κ3) is 3.26. The number of hydrogen-bond donors (Lipinski definition) is 2. The van der Waals surface area contributed by atoms with Crippen molar-refractivity contribution in [2.24, 2.45) is 0 Å². The summed E-state index contributed by atoms with van der Waals surface area (Å²) in [6, 6.07) is 4.68. The van der Waals surface area contributed by atoms with Gasteiger partial charge in [-0.3, -0.25) is 9.59 Å². The number of benzene rings is 1. The van der Waals surface area contributed by atoms with Crippen molar-refractivity contribution < 1.29 is 14.3 Å². The number of rotatable bonds is 3. The topological polar surface area (TPSA) is 67.4 Å². The monoisotopic (exact) mass is 326 g/mol. The fourth-order valence-electron chi connectivity index (χ4n) is 2.00. The van der Waals surface area contributed by atoms with E-state index in [1.807, 2.05) is 0 Å². The summed E-state index contributed by atoms with van der Waals surface area (Å²) in [6.07, 6.45) is 1.53. The molecule has 5 nitrogen and oxygen atoms in total. The lowest BCUT2D eigenvalue weighted by molar-refractivity contribution is -0.124. The first-order valence-corrected chi connectivity index (χ1v) is 6.83. The van der Waals surface area contributed by atoms with E-state index in [1.165, 1.54) is 7.11 Å². The Balaban J connectivity index is 2.13. The van der Waals surface area contributed by atoms with Crippen LogP contribution in [0, 0.1) is 0 Å². The Morgan fingerprint density at radius 2 is 2.32 bits per heavy atom. The van der Waals surface area contributed by atoms with Crippen molar-refractivity contribution in [2.45, 2.75) is 18.9 Å². The van der Waals surface area contributed by atoms with Crippen molar-refractivity contribution in [3.8, 4) is 5.75 Å². The van der Waals surface area contributed by atoms with Crippen LogP contribution in [0.4, 0.5) is 0 Å². The molecule has 0 aliphatic carbocycles. The molecular formula is C13H15BrN2O3. The third-order valence-electron chi connectivity index (χ3n) is 3.00. The van der Waals surface area contributed by atoms with E-state index in [1.54, 1.807) is 18.2 Å². The Bertz CT molecular complexity index is 505. The number of hydrogen-bond acceptors (Lipinski definition) is 3. The molecule has 6 heteroatoms. The summed E-state index contributed by atoms with van der Waals surface area (Å²) in [6.45, 7) is 0.673. The Morgan fingerprint density at radius 1 is 1.53 bits per heavy atom. The number of carbonyl (C=O) groups excluding carboxylic acids is 2. The number of halogens is 1. The van der Waals surface area contributed by atoms with Crippen LogP contribution < -0.4 is 15.4 Å². The SMILES string of the molecule is COc1cc(Br)ccc1C(=O)NC1CCCNC1=O. The van der Waals surface area contributed by atoms with Crippen LogP contribution in [0.2, 0.25) is 0 Å². The van der Waals surface area contributed by atoms with Crippen LogP contribution in [-0.2, 0) is 4.79 Å². The van der Waals surface area contributed by atoms with E-state index in [-0.39, 0.29) is 11.8 Å². The molecule has 2 rings (SSSR count). The van der Waals surface area contributed by atoms with E-state index < -0.39 is 6.04 Å². The number of piperidine rings is 1. The van der Waals surface area contributed by atoms with Crippen LogP contribution in [0.1, 0.15) is 23.2 Å². The molecular weight excluding hydrogens is 312 g/mol. The Morgan fingerprint density at radius 3 is 3.00 bits per heavy atom. The standard InChI is InChI=1S/C13H15BrN2O3/c1-19-11-7-8(14)4-5-9(11)12(17)16-10-3-2-6-15-13(10)18/h4-5,7,10H,2-3,6H2,1H3,(H,15,18)(H,16,17). The Labute approximate surface area is 119 Å². The van der Waals surface area contributed by atoms with Gasteiger partial charge in [-0.2, -0.15) is 0 Å². The van der Waals surface area contributed by atoms with Gasteiger partial charge in [-0.1, -0.05) is 15.9 Å². The van der Waals surface area contributed by atoms with Gasteiger partial charge in [0.15, 0.2) is 0 Å². The summed E-state index contributed by atoms with van der Waals surface area (Å²) in [5.41, 5.74) is 0.420. The zero-order valence-electron chi connectivity index (χ0n) is 10.5. The molecule has 102 valence electrons. The zero-order chi connectivity index (χ0) is 13.8. The van der Waals surface area contributed by atoms with Crippen molar-refractivity contribution in [1.29, 1.82) is 0 Å². The molecule has 2 N–H and O–H groups in total. The first-order chi connectivity index (χ1) is 9.11. The van der Waals surface area contributed by atoms with E-state index in [2.05, 4.69) is 26.6 Å². The molecule has 1 heterocycles. The highest BCUT2D eigenvalue weighted by Gasteiger charge is 2.25. The maximum atomic E-state index is 12.2. The molecule has 0 spiro atoms. The quantitative estimate of drug-likeness (QED) is 0.883. The van der Waals surface area contributed by atoms with Crippen LogP contribution >= 0.6 is 15.9 Å². The highest BCUT2D eigenvalue weighted by molar-refractivity contribution is 9.10. The number of carbonyl (C=O) groups is 2. The zero-order valence-corrected chi connectivity index (χ0v) is 12.1. The van der Waals surface area contributed by atoms with Crippen molar-refractivity contribution in [3.63, 3.8) is 0 Å². The van der Waals surface area contributed by atoms with Crippen molar-refractivity contribution in [1.82, 2.24) is 10.6 Å². The number of amides is 2. The number of ether oxygens (including phenoxy) is 1. The van der Waals surface area contributed by atoms with Gasteiger partial charge in [-0.15, -0.1) is 0 Å². The highest BCUT2D eigenvalue weighted by atomic mass is 79.9. The van der Waals surface area contributed by atoms with Crippen molar-refractivity contribution in [2.75, 3.05) is 13.7 Å². The van der Waals surface area contributed by atoms with Gasteiger partial charge in [0.1, 0.15) is 11.8 Å². The predicted octanol–water partition coefficient (Wildman–Crippen LogP) is 1.47. The van der Waals surface area contributed by atoms with E-state index in [0.29, 0.717) is 24.3 Å². The molecule has 0 saturated carbocycles. The summed E-state index contributed by atoms with van der Waals surface area (Å²) in [5.74, 6) is 0.0465. The number of nitrogens with one attached hydrogen (secondary N) is 2. The van der Waals surface area contributed by atoms with E-state index in [4.69, 9.17) is 4.74 Å². The molecule has 1 aliphatic rings. The van der Waals surface area contributed by atoms with Crippen LogP contribution in [0.5, 0.6) is 5.75 Å². The van der Waals surface area contributed by atoms with E-state index >= 15 is 0 Å². The van der Waals surface area contributed by atoms with E-state index in [9.17, 15) is 9.59 Å². The van der Waals surface area contributed by atoms with Gasteiger partial charge in [-0.25, -0.2) is 0 Å². The predicted molar refractivity (Wildman–Crippen MR) is 74.2 cm³/mol. The van der Waals surface area contributed by atoms with Gasteiger partial charge in [-0.05, 0) is 31.0 Å². The lowest BCUT2D eigenvalue weighted by Crippen LogP contribution is -2.50. The summed E-state index contributed by atoms with van der Waals surface area (Å²) in [4.78, 5) is 23.8. The molecule has 2 amide bonds. The fourth-order valence-corrected chi connectivity index (χ4v) is 2.34. The molecule has 1 aliphatic heterocycles. The second-order valence-electron chi connectivity index (χ2n) is 4.30. The first kappa shape index (κ1) is 13.9. The maximum absolute atomic E-state index is 12.2. The van der Waals surface area contributed by atoms with Gasteiger partial charge in [0.05, 0.1) is 12.7 Å². The maximum Gasteiger partial charge on any atom is 0.255 e. The third-order valence-corrected chi connectivity index (χ3v) is 3.49. The minimum atomic E-state index is -0.463.